The van der Waals surface area contributed by atoms with Gasteiger partial charge in [-0.15, -0.1) is 0 Å². The van der Waals surface area contributed by atoms with Gasteiger partial charge < -0.3 is 20.9 Å². The van der Waals surface area contributed by atoms with E-state index in [4.69, 9.17) is 10.5 Å². The second kappa shape index (κ2) is 4.45. The summed E-state index contributed by atoms with van der Waals surface area (Å²) >= 11 is 0. The van der Waals surface area contributed by atoms with E-state index in [0.29, 0.717) is 11.3 Å². The summed E-state index contributed by atoms with van der Waals surface area (Å²) in [5.41, 5.74) is 5.87. The Hall–Kier alpha value is -2.69. The van der Waals surface area contributed by atoms with Crippen molar-refractivity contribution in [2.24, 2.45) is 5.73 Å². The van der Waals surface area contributed by atoms with Gasteiger partial charge in [0.2, 0.25) is 0 Å². The first-order valence-electron chi connectivity index (χ1n) is 6.21. The standard InChI is InChI=1S/C15H14N2O3/c16-14(19)15(17-10-4-2-1-3-5-10)9-20-13-8-11(18)6-7-12(13)15/h1-8,17-18H,9H2,(H2,16,19). The number of para-hydroxylation sites is 1. The zero-order valence-electron chi connectivity index (χ0n) is 10.7. The average molecular weight is 270 g/mol. The van der Waals surface area contributed by atoms with Gasteiger partial charge in [-0.3, -0.25) is 4.79 Å². The molecule has 1 aliphatic heterocycles. The highest BCUT2D eigenvalue weighted by atomic mass is 16.5. The Bertz CT molecular complexity index is 657. The Labute approximate surface area is 116 Å². The van der Waals surface area contributed by atoms with Gasteiger partial charge in [0.05, 0.1) is 0 Å². The number of benzene rings is 2. The van der Waals surface area contributed by atoms with Crippen LogP contribution in [0, 0.1) is 0 Å². The predicted octanol–water partition coefficient (Wildman–Crippen LogP) is 1.58. The molecule has 3 rings (SSSR count). The monoisotopic (exact) mass is 270 g/mol. The molecule has 1 unspecified atom stereocenters. The maximum absolute atomic E-state index is 12.0. The smallest absolute Gasteiger partial charge is 0.251 e. The van der Waals surface area contributed by atoms with Crippen LogP contribution in [0.15, 0.2) is 48.5 Å². The van der Waals surface area contributed by atoms with Crippen molar-refractivity contribution in [1.82, 2.24) is 0 Å². The van der Waals surface area contributed by atoms with Crippen LogP contribution in [0.1, 0.15) is 5.56 Å². The minimum atomic E-state index is -1.12. The maximum atomic E-state index is 12.0. The molecule has 0 radical (unpaired) electrons. The van der Waals surface area contributed by atoms with Crippen LogP contribution in [0.3, 0.4) is 0 Å². The van der Waals surface area contributed by atoms with Crippen LogP contribution in [0.25, 0.3) is 0 Å². The molecule has 5 heteroatoms. The van der Waals surface area contributed by atoms with E-state index in [1.165, 1.54) is 12.1 Å². The van der Waals surface area contributed by atoms with Crippen LogP contribution >= 0.6 is 0 Å². The van der Waals surface area contributed by atoms with Crippen LogP contribution in [-0.4, -0.2) is 17.6 Å². The molecular weight excluding hydrogens is 256 g/mol. The van der Waals surface area contributed by atoms with Crippen molar-refractivity contribution < 1.29 is 14.6 Å². The highest BCUT2D eigenvalue weighted by Gasteiger charge is 2.46. The lowest BCUT2D eigenvalue weighted by atomic mass is 9.90. The number of hydrogen-bond donors (Lipinski definition) is 3. The summed E-state index contributed by atoms with van der Waals surface area (Å²) in [4.78, 5) is 12.0. The minimum absolute atomic E-state index is 0.0868. The van der Waals surface area contributed by atoms with E-state index >= 15 is 0 Å². The summed E-state index contributed by atoms with van der Waals surface area (Å²) in [6.45, 7) is 0.0933. The number of ether oxygens (including phenoxy) is 1. The van der Waals surface area contributed by atoms with E-state index < -0.39 is 11.4 Å². The van der Waals surface area contributed by atoms with Crippen molar-refractivity contribution in [3.05, 3.63) is 54.1 Å². The predicted molar refractivity (Wildman–Crippen MR) is 74.5 cm³/mol. The molecule has 0 bridgehead atoms. The SMILES string of the molecule is NC(=O)C1(Nc2ccccc2)COc2cc(O)ccc21. The first-order chi connectivity index (χ1) is 9.62. The molecule has 0 saturated heterocycles. The van der Waals surface area contributed by atoms with Crippen LogP contribution in [0.5, 0.6) is 11.5 Å². The minimum Gasteiger partial charge on any atom is -0.508 e. The first kappa shape index (κ1) is 12.3. The lowest BCUT2D eigenvalue weighted by Crippen LogP contribution is -2.49. The second-order valence-electron chi connectivity index (χ2n) is 4.73. The van der Waals surface area contributed by atoms with Crippen molar-refractivity contribution in [2.45, 2.75) is 5.54 Å². The summed E-state index contributed by atoms with van der Waals surface area (Å²) in [5, 5.41) is 12.6. The Morgan fingerprint density at radius 3 is 2.70 bits per heavy atom. The van der Waals surface area contributed by atoms with Gasteiger partial charge in [-0.25, -0.2) is 0 Å². The van der Waals surface area contributed by atoms with Gasteiger partial charge in [0.25, 0.3) is 5.91 Å². The maximum Gasteiger partial charge on any atom is 0.251 e. The molecule has 2 aromatic carbocycles. The highest BCUT2D eigenvalue weighted by Crippen LogP contribution is 2.41. The molecule has 0 saturated carbocycles. The normalized spacial score (nSPS) is 20.0. The fraction of sp³-hybridized carbons (Fsp3) is 0.133. The molecule has 0 spiro atoms. The van der Waals surface area contributed by atoms with E-state index in [2.05, 4.69) is 5.32 Å². The lowest BCUT2D eigenvalue weighted by molar-refractivity contribution is -0.122. The van der Waals surface area contributed by atoms with Gasteiger partial charge in [-0.2, -0.15) is 0 Å². The second-order valence-corrected chi connectivity index (χ2v) is 4.73. The van der Waals surface area contributed by atoms with Gasteiger partial charge in [0, 0.05) is 17.3 Å². The van der Waals surface area contributed by atoms with E-state index in [-0.39, 0.29) is 12.4 Å². The summed E-state index contributed by atoms with van der Waals surface area (Å²) in [7, 11) is 0. The van der Waals surface area contributed by atoms with Gasteiger partial charge in [-0.1, -0.05) is 18.2 Å². The first-order valence-corrected chi connectivity index (χ1v) is 6.21. The number of carbonyl (C=O) groups is 1. The summed E-state index contributed by atoms with van der Waals surface area (Å²) < 4.78 is 5.51. The summed E-state index contributed by atoms with van der Waals surface area (Å²) in [5.74, 6) is 0.0294. The number of phenolic OH excluding ortho intramolecular Hbond substituents is 1. The average Bonchev–Trinajstić information content (AvgIpc) is 2.79. The number of nitrogens with two attached hydrogens (primary N) is 1. The number of aromatic hydroxyl groups is 1. The third-order valence-corrected chi connectivity index (χ3v) is 3.42. The Balaban J connectivity index is 2.06. The van der Waals surface area contributed by atoms with E-state index in [1.54, 1.807) is 6.07 Å². The number of carbonyl (C=O) groups excluding carboxylic acids is 1. The summed E-state index contributed by atoms with van der Waals surface area (Å²) in [6, 6.07) is 14.0. The molecule has 0 aromatic heterocycles. The van der Waals surface area contributed by atoms with Crippen molar-refractivity contribution in [1.29, 1.82) is 0 Å². The topological polar surface area (TPSA) is 84.6 Å². The van der Waals surface area contributed by atoms with Crippen molar-refractivity contribution in [2.75, 3.05) is 11.9 Å². The van der Waals surface area contributed by atoms with E-state index in [0.717, 1.165) is 5.69 Å². The quantitative estimate of drug-likeness (QED) is 0.790. The molecule has 0 aliphatic carbocycles. The van der Waals surface area contributed by atoms with Crippen molar-refractivity contribution in [3.8, 4) is 11.5 Å². The van der Waals surface area contributed by atoms with Gasteiger partial charge in [0.1, 0.15) is 18.1 Å². The number of primary amides is 1. The number of anilines is 1. The van der Waals surface area contributed by atoms with Crippen molar-refractivity contribution in [3.63, 3.8) is 0 Å². The molecule has 1 atom stereocenters. The third kappa shape index (κ3) is 1.84. The number of nitrogens with one attached hydrogen (secondary N) is 1. The van der Waals surface area contributed by atoms with Crippen molar-refractivity contribution >= 4 is 11.6 Å². The Morgan fingerprint density at radius 1 is 1.25 bits per heavy atom. The lowest BCUT2D eigenvalue weighted by Gasteiger charge is -2.27. The fourth-order valence-corrected chi connectivity index (χ4v) is 2.38. The van der Waals surface area contributed by atoms with Crippen LogP contribution < -0.4 is 15.8 Å². The number of hydrogen-bond acceptors (Lipinski definition) is 4. The molecule has 0 fully saturated rings. The summed E-state index contributed by atoms with van der Waals surface area (Å²) in [6.07, 6.45) is 0. The highest BCUT2D eigenvalue weighted by molar-refractivity contribution is 5.91. The number of rotatable bonds is 3. The van der Waals surface area contributed by atoms with Gasteiger partial charge in [0.15, 0.2) is 5.54 Å². The van der Waals surface area contributed by atoms with Crippen LogP contribution in [-0.2, 0) is 10.3 Å². The number of fused-ring (bicyclic) bond motifs is 1. The van der Waals surface area contributed by atoms with Gasteiger partial charge >= 0.3 is 0 Å². The molecular formula is C15H14N2O3. The third-order valence-electron chi connectivity index (χ3n) is 3.42. The van der Waals surface area contributed by atoms with Crippen LogP contribution in [0.4, 0.5) is 5.69 Å². The fourth-order valence-electron chi connectivity index (χ4n) is 2.38. The largest absolute Gasteiger partial charge is 0.508 e. The molecule has 4 N–H and O–H groups in total. The molecule has 1 aliphatic rings. The Morgan fingerprint density at radius 2 is 2.00 bits per heavy atom. The molecule has 2 aromatic rings. The van der Waals surface area contributed by atoms with E-state index in [1.807, 2.05) is 30.3 Å². The molecule has 102 valence electrons. The van der Waals surface area contributed by atoms with Crippen LogP contribution in [0.2, 0.25) is 0 Å². The zero-order valence-corrected chi connectivity index (χ0v) is 10.7. The van der Waals surface area contributed by atoms with E-state index in [9.17, 15) is 9.90 Å². The number of phenols is 1. The van der Waals surface area contributed by atoms with Gasteiger partial charge in [-0.05, 0) is 24.3 Å². The zero-order chi connectivity index (χ0) is 14.2. The molecule has 1 heterocycles. The molecule has 5 nitrogen and oxygen atoms in total. The molecule has 20 heavy (non-hydrogen) atoms. The Kier molecular flexibility index (Phi) is 2.75. The molecule has 1 amide bonds. The number of amides is 1.